The van der Waals surface area contributed by atoms with Crippen molar-refractivity contribution in [3.05, 3.63) is 29.8 Å². The third kappa shape index (κ3) is 1.48. The molecule has 2 aliphatic heterocycles. The molecule has 0 saturated carbocycles. The Kier molecular flexibility index (Phi) is 2.32. The largest absolute Gasteiger partial charge is 0.478 e. The minimum absolute atomic E-state index is 0.431. The molecule has 2 bridgehead atoms. The Morgan fingerprint density at radius 2 is 2.25 bits per heavy atom. The molecular weight excluding hydrogens is 222 g/mol. The second-order valence-corrected chi connectivity index (χ2v) is 5.65. The van der Waals surface area contributed by atoms with Crippen molar-refractivity contribution in [2.75, 3.05) is 17.2 Å². The molecule has 84 valence electrons. The summed E-state index contributed by atoms with van der Waals surface area (Å²) >= 11 is 2.02. The molecule has 3 nitrogen and oxygen atoms in total. The van der Waals surface area contributed by atoms with Crippen LogP contribution in [0, 0.1) is 0 Å². The number of carboxylic acid groups (broad SMARTS) is 1. The summed E-state index contributed by atoms with van der Waals surface area (Å²) in [5, 5.41) is 9.87. The molecule has 0 amide bonds. The van der Waals surface area contributed by atoms with Crippen molar-refractivity contribution in [3.8, 4) is 0 Å². The van der Waals surface area contributed by atoms with Crippen molar-refractivity contribution >= 4 is 23.4 Å². The number of para-hydroxylation sites is 1. The quantitative estimate of drug-likeness (QED) is 0.852. The normalized spacial score (nSPS) is 27.4. The van der Waals surface area contributed by atoms with Crippen LogP contribution in [0.5, 0.6) is 0 Å². The van der Waals surface area contributed by atoms with Crippen LogP contribution >= 0.6 is 11.8 Å². The van der Waals surface area contributed by atoms with Crippen molar-refractivity contribution in [3.63, 3.8) is 0 Å². The van der Waals surface area contributed by atoms with E-state index in [0.717, 1.165) is 18.0 Å². The van der Waals surface area contributed by atoms with Crippen molar-refractivity contribution in [2.45, 2.75) is 17.7 Å². The van der Waals surface area contributed by atoms with E-state index >= 15 is 0 Å². The van der Waals surface area contributed by atoms with Crippen LogP contribution in [0.15, 0.2) is 24.3 Å². The number of anilines is 1. The fourth-order valence-corrected chi connectivity index (χ4v) is 4.03. The van der Waals surface area contributed by atoms with Crippen LogP contribution in [0.25, 0.3) is 0 Å². The summed E-state index contributed by atoms with van der Waals surface area (Å²) in [6.45, 7) is 1.000. The predicted octanol–water partition coefficient (Wildman–Crippen LogP) is 2.08. The summed E-state index contributed by atoms with van der Waals surface area (Å²) in [5.74, 6) is 0.310. The van der Waals surface area contributed by atoms with E-state index < -0.39 is 5.97 Å². The molecule has 3 rings (SSSR count). The van der Waals surface area contributed by atoms with Crippen LogP contribution in [0.1, 0.15) is 16.8 Å². The van der Waals surface area contributed by atoms with Crippen molar-refractivity contribution in [2.24, 2.45) is 0 Å². The van der Waals surface area contributed by atoms with Crippen LogP contribution in [-0.4, -0.2) is 34.7 Å². The first-order valence-corrected chi connectivity index (χ1v) is 6.51. The summed E-state index contributed by atoms with van der Waals surface area (Å²) < 4.78 is 0. The van der Waals surface area contributed by atoms with Crippen molar-refractivity contribution < 1.29 is 9.90 Å². The van der Waals surface area contributed by atoms with Gasteiger partial charge in [0.05, 0.1) is 11.3 Å². The van der Waals surface area contributed by atoms with E-state index in [4.69, 9.17) is 5.11 Å². The second-order valence-electron chi connectivity index (χ2n) is 4.32. The zero-order valence-corrected chi connectivity index (χ0v) is 9.61. The summed E-state index contributed by atoms with van der Waals surface area (Å²) in [7, 11) is 0. The average molecular weight is 235 g/mol. The van der Waals surface area contributed by atoms with Gasteiger partial charge < -0.3 is 10.0 Å². The number of hydrogen-bond donors (Lipinski definition) is 1. The number of aromatic carboxylic acids is 1. The van der Waals surface area contributed by atoms with Gasteiger partial charge in [0.15, 0.2) is 0 Å². The van der Waals surface area contributed by atoms with Crippen LogP contribution in [-0.2, 0) is 0 Å². The Labute approximate surface area is 98.4 Å². The van der Waals surface area contributed by atoms with Crippen molar-refractivity contribution in [1.29, 1.82) is 0 Å². The molecule has 2 atom stereocenters. The van der Waals surface area contributed by atoms with Crippen molar-refractivity contribution in [1.82, 2.24) is 0 Å². The highest BCUT2D eigenvalue weighted by atomic mass is 32.2. The number of nitrogens with zero attached hydrogens (tertiary/aromatic N) is 1. The zero-order valence-electron chi connectivity index (χ0n) is 8.80. The van der Waals surface area contributed by atoms with E-state index in [2.05, 4.69) is 4.90 Å². The molecule has 0 spiro atoms. The van der Waals surface area contributed by atoms with Gasteiger partial charge in [-0.3, -0.25) is 0 Å². The standard InChI is InChI=1S/C12H13NO2S/c14-12(15)10-3-1-2-4-11(10)13-6-9-5-8(13)7-16-9/h1-4,8-9H,5-7H2,(H,14,15). The maximum atomic E-state index is 11.2. The lowest BCUT2D eigenvalue weighted by molar-refractivity contribution is 0.0697. The van der Waals surface area contributed by atoms with E-state index in [1.165, 1.54) is 6.42 Å². The third-order valence-electron chi connectivity index (χ3n) is 3.34. The van der Waals surface area contributed by atoms with Gasteiger partial charge in [0, 0.05) is 23.6 Å². The van der Waals surface area contributed by atoms with Crippen LogP contribution in [0.4, 0.5) is 5.69 Å². The number of fused-ring (bicyclic) bond motifs is 2. The first-order valence-electron chi connectivity index (χ1n) is 5.46. The van der Waals surface area contributed by atoms with Gasteiger partial charge in [-0.2, -0.15) is 11.8 Å². The fourth-order valence-electron chi connectivity index (χ4n) is 2.60. The van der Waals surface area contributed by atoms with Crippen LogP contribution in [0.3, 0.4) is 0 Å². The lowest BCUT2D eigenvalue weighted by Crippen LogP contribution is -2.34. The molecule has 2 fully saturated rings. The van der Waals surface area contributed by atoms with Gasteiger partial charge in [0.25, 0.3) is 0 Å². The van der Waals surface area contributed by atoms with E-state index in [9.17, 15) is 4.79 Å². The summed E-state index contributed by atoms with van der Waals surface area (Å²) in [6.07, 6.45) is 1.21. The second kappa shape index (κ2) is 3.70. The Morgan fingerprint density at radius 3 is 2.88 bits per heavy atom. The molecule has 2 heterocycles. The van der Waals surface area contributed by atoms with Gasteiger partial charge in [0.2, 0.25) is 0 Å². The molecular formula is C12H13NO2S. The Morgan fingerprint density at radius 1 is 1.44 bits per heavy atom. The highest BCUT2D eigenvalue weighted by Crippen LogP contribution is 2.40. The SMILES string of the molecule is O=C(O)c1ccccc1N1CC2CC1CS2. The van der Waals surface area contributed by atoms with Gasteiger partial charge in [-0.15, -0.1) is 0 Å². The lowest BCUT2D eigenvalue weighted by atomic mass is 10.1. The number of carbonyl (C=O) groups is 1. The third-order valence-corrected chi connectivity index (χ3v) is 4.73. The molecule has 0 aromatic heterocycles. The lowest BCUT2D eigenvalue weighted by Gasteiger charge is -2.29. The van der Waals surface area contributed by atoms with Gasteiger partial charge in [-0.05, 0) is 18.6 Å². The number of hydrogen-bond acceptors (Lipinski definition) is 3. The number of benzene rings is 1. The molecule has 16 heavy (non-hydrogen) atoms. The smallest absolute Gasteiger partial charge is 0.337 e. The highest BCUT2D eigenvalue weighted by molar-refractivity contribution is 8.00. The monoisotopic (exact) mass is 235 g/mol. The summed E-state index contributed by atoms with van der Waals surface area (Å²) in [4.78, 5) is 13.4. The van der Waals surface area contributed by atoms with Gasteiger partial charge >= 0.3 is 5.97 Å². The van der Waals surface area contributed by atoms with E-state index in [-0.39, 0.29) is 0 Å². The Bertz CT molecular complexity index is 435. The van der Waals surface area contributed by atoms with Gasteiger partial charge in [-0.25, -0.2) is 4.79 Å². The molecule has 1 aromatic rings. The summed E-state index contributed by atoms with van der Waals surface area (Å²) in [6, 6.07) is 7.86. The number of carboxylic acids is 1. The maximum Gasteiger partial charge on any atom is 0.337 e. The fraction of sp³-hybridized carbons (Fsp3) is 0.417. The zero-order chi connectivity index (χ0) is 11.1. The minimum Gasteiger partial charge on any atom is -0.478 e. The Hall–Kier alpha value is -1.16. The van der Waals surface area contributed by atoms with Gasteiger partial charge in [-0.1, -0.05) is 12.1 Å². The summed E-state index contributed by atoms with van der Waals surface area (Å²) in [5.41, 5.74) is 1.32. The molecule has 1 N–H and O–H groups in total. The van der Waals surface area contributed by atoms with Crippen LogP contribution < -0.4 is 4.90 Å². The van der Waals surface area contributed by atoms with E-state index in [1.54, 1.807) is 12.1 Å². The predicted molar refractivity (Wildman–Crippen MR) is 65.4 cm³/mol. The first kappa shape index (κ1) is 10.0. The van der Waals surface area contributed by atoms with Gasteiger partial charge in [0.1, 0.15) is 0 Å². The molecule has 1 aromatic carbocycles. The Balaban J connectivity index is 1.97. The topological polar surface area (TPSA) is 40.5 Å². The van der Waals surface area contributed by atoms with Crippen LogP contribution in [0.2, 0.25) is 0 Å². The molecule has 2 aliphatic rings. The maximum absolute atomic E-state index is 11.2. The first-order chi connectivity index (χ1) is 7.75. The number of rotatable bonds is 2. The molecule has 2 saturated heterocycles. The van der Waals surface area contributed by atoms with E-state index in [1.807, 2.05) is 23.9 Å². The molecule has 0 radical (unpaired) electrons. The van der Waals surface area contributed by atoms with E-state index in [0.29, 0.717) is 16.9 Å². The molecule has 2 unspecified atom stereocenters. The number of thioether (sulfide) groups is 1. The highest BCUT2D eigenvalue weighted by Gasteiger charge is 2.39. The molecule has 0 aliphatic carbocycles. The average Bonchev–Trinajstić information content (AvgIpc) is 2.90. The molecule has 4 heteroatoms. The minimum atomic E-state index is -0.828.